The Morgan fingerprint density at radius 2 is 1.24 bits per heavy atom. The van der Waals surface area contributed by atoms with Crippen LogP contribution in [0, 0.1) is 12.8 Å². The summed E-state index contributed by atoms with van der Waals surface area (Å²) >= 11 is 0. The number of hydrogen-bond donors (Lipinski definition) is 0. The van der Waals surface area contributed by atoms with Gasteiger partial charge >= 0.3 is 0 Å². The Bertz CT molecular complexity index is 433. The lowest BCUT2D eigenvalue weighted by molar-refractivity contribution is 0.544. The third kappa shape index (κ3) is 9.28. The zero-order valence-electron chi connectivity index (χ0n) is 15.5. The van der Waals surface area contributed by atoms with E-state index in [9.17, 15) is 0 Å². The summed E-state index contributed by atoms with van der Waals surface area (Å²) in [4.78, 5) is 0. The van der Waals surface area contributed by atoms with E-state index in [4.69, 9.17) is 0 Å². The molecule has 0 spiro atoms. The van der Waals surface area contributed by atoms with Crippen molar-refractivity contribution in [3.05, 3.63) is 48.0 Å². The molecule has 0 fully saturated rings. The number of aryl methyl sites for hydroxylation is 1. The first-order chi connectivity index (χ1) is 10.2. The minimum Gasteiger partial charge on any atom is -0.0683 e. The van der Waals surface area contributed by atoms with Crippen molar-refractivity contribution in [1.82, 2.24) is 0 Å². The fraction of sp³-hybridized carbons (Fsp3) is 0.524. The van der Waals surface area contributed by atoms with Crippen molar-refractivity contribution in [2.24, 2.45) is 5.92 Å². The first-order valence-corrected chi connectivity index (χ1v) is 8.63. The Balaban J connectivity index is 0. The smallest absolute Gasteiger partial charge is 0.0155 e. The van der Waals surface area contributed by atoms with Gasteiger partial charge in [0.1, 0.15) is 0 Å². The Labute approximate surface area is 133 Å². The summed E-state index contributed by atoms with van der Waals surface area (Å²) in [6.45, 7) is 16.9. The SMILES string of the molecule is CC.CC.CCC(C)CC.Cc1cccc2ccccc12. The molecule has 0 atom stereocenters. The lowest BCUT2D eigenvalue weighted by Gasteiger charge is -1.98. The third-order valence-corrected chi connectivity index (χ3v) is 3.40. The van der Waals surface area contributed by atoms with Gasteiger partial charge in [0, 0.05) is 0 Å². The molecule has 0 heteroatoms. The minimum absolute atomic E-state index is 0.935. The van der Waals surface area contributed by atoms with Crippen LogP contribution in [0.4, 0.5) is 0 Å². The van der Waals surface area contributed by atoms with E-state index in [1.165, 1.54) is 29.2 Å². The van der Waals surface area contributed by atoms with Crippen molar-refractivity contribution in [3.8, 4) is 0 Å². The van der Waals surface area contributed by atoms with Gasteiger partial charge < -0.3 is 0 Å². The topological polar surface area (TPSA) is 0 Å². The number of benzene rings is 2. The molecule has 21 heavy (non-hydrogen) atoms. The predicted molar refractivity (Wildman–Crippen MR) is 101 cm³/mol. The van der Waals surface area contributed by atoms with E-state index in [1.807, 2.05) is 27.7 Å². The van der Waals surface area contributed by atoms with E-state index in [1.54, 1.807) is 0 Å². The highest BCUT2D eigenvalue weighted by molar-refractivity contribution is 5.85. The van der Waals surface area contributed by atoms with Crippen LogP contribution in [0.2, 0.25) is 0 Å². The van der Waals surface area contributed by atoms with Gasteiger partial charge in [-0.2, -0.15) is 0 Å². The van der Waals surface area contributed by atoms with E-state index in [0.717, 1.165) is 5.92 Å². The highest BCUT2D eigenvalue weighted by atomic mass is 14.0. The second-order valence-corrected chi connectivity index (χ2v) is 4.72. The standard InChI is InChI=1S/C11H10.C6H14.2C2H6/c1-9-5-4-7-10-6-2-3-8-11(9)10;1-4-6(3)5-2;2*1-2/h2-8H,1H3;6H,4-5H2,1-3H3;2*1-2H3. The maximum atomic E-state index is 2.28. The van der Waals surface area contributed by atoms with Crippen molar-refractivity contribution < 1.29 is 0 Å². The van der Waals surface area contributed by atoms with Gasteiger partial charge in [0.25, 0.3) is 0 Å². The largest absolute Gasteiger partial charge is 0.0683 e. The molecule has 0 saturated heterocycles. The molecule has 0 radical (unpaired) electrons. The monoisotopic (exact) mass is 288 g/mol. The van der Waals surface area contributed by atoms with E-state index < -0.39 is 0 Å². The molecule has 0 amide bonds. The molecule has 0 N–H and O–H groups in total. The summed E-state index contributed by atoms with van der Waals surface area (Å²) in [6, 6.07) is 14.8. The van der Waals surface area contributed by atoms with E-state index in [-0.39, 0.29) is 0 Å². The maximum Gasteiger partial charge on any atom is -0.0155 e. The number of rotatable bonds is 2. The molecule has 0 aliphatic rings. The van der Waals surface area contributed by atoms with Crippen molar-refractivity contribution in [2.45, 2.75) is 68.2 Å². The number of hydrogen-bond acceptors (Lipinski definition) is 0. The summed E-state index contributed by atoms with van der Waals surface area (Å²) in [7, 11) is 0. The molecule has 0 bridgehead atoms. The highest BCUT2D eigenvalue weighted by Gasteiger charge is 1.92. The summed E-state index contributed by atoms with van der Waals surface area (Å²) in [5.74, 6) is 0.935. The zero-order chi connectivity index (χ0) is 16.7. The van der Waals surface area contributed by atoms with Crippen LogP contribution in [-0.4, -0.2) is 0 Å². The predicted octanol–water partition coefficient (Wildman–Crippen LogP) is 7.64. The van der Waals surface area contributed by atoms with Crippen LogP contribution >= 0.6 is 0 Å². The van der Waals surface area contributed by atoms with Crippen LogP contribution in [-0.2, 0) is 0 Å². The van der Waals surface area contributed by atoms with Gasteiger partial charge in [0.15, 0.2) is 0 Å². The van der Waals surface area contributed by atoms with Crippen LogP contribution in [0.1, 0.15) is 66.9 Å². The lowest BCUT2D eigenvalue weighted by atomic mass is 10.1. The maximum absolute atomic E-state index is 2.28. The quantitative estimate of drug-likeness (QED) is 0.532. The molecule has 0 aromatic heterocycles. The molecular weight excluding hydrogens is 252 g/mol. The molecule has 0 saturated carbocycles. The average molecular weight is 289 g/mol. The van der Waals surface area contributed by atoms with Crippen LogP contribution in [0.5, 0.6) is 0 Å². The minimum atomic E-state index is 0.935. The van der Waals surface area contributed by atoms with Gasteiger partial charge in [-0.3, -0.25) is 0 Å². The first kappa shape index (κ1) is 22.0. The summed E-state index contributed by atoms with van der Waals surface area (Å²) in [5, 5.41) is 2.68. The van der Waals surface area contributed by atoms with Crippen molar-refractivity contribution in [1.29, 1.82) is 0 Å². The lowest BCUT2D eigenvalue weighted by Crippen LogP contribution is -1.85. The Morgan fingerprint density at radius 3 is 1.67 bits per heavy atom. The summed E-state index contributed by atoms with van der Waals surface area (Å²) < 4.78 is 0. The van der Waals surface area contributed by atoms with Gasteiger partial charge in [-0.15, -0.1) is 0 Å². The fourth-order valence-electron chi connectivity index (χ4n) is 1.68. The average Bonchev–Trinajstić information content (AvgIpc) is 2.59. The van der Waals surface area contributed by atoms with Gasteiger partial charge in [0.05, 0.1) is 0 Å². The second kappa shape index (κ2) is 15.1. The normalized spacial score (nSPS) is 8.81. The third-order valence-electron chi connectivity index (χ3n) is 3.40. The van der Waals surface area contributed by atoms with E-state index in [2.05, 4.69) is 70.2 Å². The molecule has 2 rings (SSSR count). The van der Waals surface area contributed by atoms with Crippen LogP contribution in [0.3, 0.4) is 0 Å². The molecule has 0 aliphatic heterocycles. The van der Waals surface area contributed by atoms with Crippen molar-refractivity contribution >= 4 is 10.8 Å². The zero-order valence-corrected chi connectivity index (χ0v) is 15.5. The molecule has 2 aromatic carbocycles. The van der Waals surface area contributed by atoms with Crippen LogP contribution in [0.25, 0.3) is 10.8 Å². The number of fused-ring (bicyclic) bond motifs is 1. The molecule has 0 nitrogen and oxygen atoms in total. The van der Waals surface area contributed by atoms with E-state index in [0.29, 0.717) is 0 Å². The van der Waals surface area contributed by atoms with Gasteiger partial charge in [-0.1, -0.05) is 104 Å². The molecule has 0 heterocycles. The van der Waals surface area contributed by atoms with Crippen LogP contribution in [0.15, 0.2) is 42.5 Å². The van der Waals surface area contributed by atoms with Crippen LogP contribution < -0.4 is 0 Å². The van der Waals surface area contributed by atoms with Crippen molar-refractivity contribution in [3.63, 3.8) is 0 Å². The van der Waals surface area contributed by atoms with Crippen molar-refractivity contribution in [2.75, 3.05) is 0 Å². The Hall–Kier alpha value is -1.30. The molecule has 120 valence electrons. The Kier molecular flexibility index (Phi) is 15.8. The van der Waals surface area contributed by atoms with E-state index >= 15 is 0 Å². The summed E-state index contributed by atoms with van der Waals surface area (Å²) in [5.41, 5.74) is 1.35. The van der Waals surface area contributed by atoms with Gasteiger partial charge in [-0.25, -0.2) is 0 Å². The molecule has 2 aromatic rings. The molecule has 0 unspecified atom stereocenters. The van der Waals surface area contributed by atoms with Gasteiger partial charge in [0.2, 0.25) is 0 Å². The Morgan fingerprint density at radius 1 is 0.762 bits per heavy atom. The van der Waals surface area contributed by atoms with Gasteiger partial charge in [-0.05, 0) is 29.2 Å². The fourth-order valence-corrected chi connectivity index (χ4v) is 1.68. The highest BCUT2D eigenvalue weighted by Crippen LogP contribution is 2.16. The first-order valence-electron chi connectivity index (χ1n) is 8.63. The molecule has 0 aliphatic carbocycles. The second-order valence-electron chi connectivity index (χ2n) is 4.72. The molecular formula is C21H36. The summed E-state index contributed by atoms with van der Waals surface area (Å²) in [6.07, 6.45) is 2.66.